The summed E-state index contributed by atoms with van der Waals surface area (Å²) in [6.07, 6.45) is 0.595. The van der Waals surface area contributed by atoms with Gasteiger partial charge in [0.2, 0.25) is 5.91 Å². The molecule has 5 heteroatoms. The number of amides is 2. The zero-order valence-corrected chi connectivity index (χ0v) is 11.9. The maximum Gasteiger partial charge on any atom is 0.254 e. The molecule has 5 nitrogen and oxygen atoms in total. The monoisotopic (exact) mass is 286 g/mol. The minimum atomic E-state index is -0.403. The number of aliphatic hydroxyl groups excluding tert-OH is 1. The molecule has 1 unspecified atom stereocenters. The summed E-state index contributed by atoms with van der Waals surface area (Å²) in [5.41, 5.74) is 1.28. The first-order chi connectivity index (χ1) is 10.2. The van der Waals surface area contributed by atoms with Gasteiger partial charge in [0.05, 0.1) is 0 Å². The third-order valence-corrected chi connectivity index (χ3v) is 3.42. The van der Waals surface area contributed by atoms with E-state index >= 15 is 0 Å². The first-order valence-corrected chi connectivity index (χ1v) is 6.96. The van der Waals surface area contributed by atoms with Crippen LogP contribution in [0.2, 0.25) is 0 Å². The maximum atomic E-state index is 12.5. The van der Waals surface area contributed by atoms with Crippen molar-refractivity contribution in [2.45, 2.75) is 19.4 Å². The first-order valence-electron chi connectivity index (χ1n) is 6.96. The van der Waals surface area contributed by atoms with Crippen molar-refractivity contribution in [1.29, 1.82) is 0 Å². The van der Waals surface area contributed by atoms with Gasteiger partial charge in [-0.3, -0.25) is 9.59 Å². The molecule has 0 radical (unpaired) electrons. The first kappa shape index (κ1) is 15.1. The molecule has 1 aliphatic rings. The second-order valence-corrected chi connectivity index (χ2v) is 4.75. The summed E-state index contributed by atoms with van der Waals surface area (Å²) in [4.78, 5) is 25.9. The van der Waals surface area contributed by atoms with Gasteiger partial charge in [0.15, 0.2) is 0 Å². The van der Waals surface area contributed by atoms with Gasteiger partial charge >= 0.3 is 0 Å². The number of nitrogens with one attached hydrogen (secondary N) is 1. The highest BCUT2D eigenvalue weighted by molar-refractivity contribution is 5.98. The van der Waals surface area contributed by atoms with Crippen LogP contribution in [0.25, 0.3) is 0 Å². The minimum absolute atomic E-state index is 0.0949. The van der Waals surface area contributed by atoms with E-state index < -0.39 is 6.04 Å². The fourth-order valence-corrected chi connectivity index (χ4v) is 2.37. The highest BCUT2D eigenvalue weighted by atomic mass is 16.2. The molecular formula is C16H18N2O3. The van der Waals surface area contributed by atoms with E-state index in [1.807, 2.05) is 6.92 Å². The van der Waals surface area contributed by atoms with Crippen molar-refractivity contribution in [1.82, 2.24) is 10.2 Å². The van der Waals surface area contributed by atoms with Crippen molar-refractivity contribution in [3.63, 3.8) is 0 Å². The number of aliphatic hydroxyl groups is 1. The Morgan fingerprint density at radius 3 is 2.76 bits per heavy atom. The molecule has 1 aromatic carbocycles. The van der Waals surface area contributed by atoms with Crippen LogP contribution in [0.4, 0.5) is 0 Å². The van der Waals surface area contributed by atoms with Crippen molar-refractivity contribution in [3.8, 4) is 11.8 Å². The molecule has 1 aromatic rings. The fraction of sp³-hybridized carbons (Fsp3) is 0.375. The van der Waals surface area contributed by atoms with Gasteiger partial charge in [-0.1, -0.05) is 18.8 Å². The lowest BCUT2D eigenvalue weighted by Gasteiger charge is -2.34. The molecule has 0 spiro atoms. The molecule has 1 saturated heterocycles. The average Bonchev–Trinajstić information content (AvgIpc) is 2.52. The summed E-state index contributed by atoms with van der Waals surface area (Å²) < 4.78 is 0. The maximum absolute atomic E-state index is 12.5. The van der Waals surface area contributed by atoms with Gasteiger partial charge in [-0.15, -0.1) is 0 Å². The molecule has 21 heavy (non-hydrogen) atoms. The standard InChI is InChI=1S/C16H18N2O3/c1-2-14-15(20)17-9-10-18(14)16(21)13-7-5-12(6-8-13)4-3-11-19/h5-8,14,19H,2,9-11H2,1H3,(H,17,20). The van der Waals surface area contributed by atoms with Gasteiger partial charge in [0, 0.05) is 24.2 Å². The van der Waals surface area contributed by atoms with Crippen LogP contribution in [0.1, 0.15) is 29.3 Å². The van der Waals surface area contributed by atoms with E-state index in [1.54, 1.807) is 29.2 Å². The quantitative estimate of drug-likeness (QED) is 0.772. The van der Waals surface area contributed by atoms with Crippen LogP contribution in [0, 0.1) is 11.8 Å². The highest BCUT2D eigenvalue weighted by Gasteiger charge is 2.31. The van der Waals surface area contributed by atoms with Crippen molar-refractivity contribution in [2.24, 2.45) is 0 Å². The Labute approximate surface area is 124 Å². The SMILES string of the molecule is CCC1C(=O)NCCN1C(=O)c1ccc(C#CCO)cc1. The molecule has 0 aromatic heterocycles. The minimum Gasteiger partial charge on any atom is -0.384 e. The molecule has 1 heterocycles. The van der Waals surface area contributed by atoms with Gasteiger partial charge < -0.3 is 15.3 Å². The Morgan fingerprint density at radius 1 is 1.43 bits per heavy atom. The molecular weight excluding hydrogens is 268 g/mol. The van der Waals surface area contributed by atoms with Crippen LogP contribution in [0.5, 0.6) is 0 Å². The lowest BCUT2D eigenvalue weighted by molar-refractivity contribution is -0.127. The summed E-state index contributed by atoms with van der Waals surface area (Å²) in [7, 11) is 0. The Balaban J connectivity index is 2.17. The Hall–Kier alpha value is -2.32. The Morgan fingerprint density at radius 2 is 2.14 bits per heavy atom. The van der Waals surface area contributed by atoms with Crippen molar-refractivity contribution in [2.75, 3.05) is 19.7 Å². The molecule has 110 valence electrons. The molecule has 0 aliphatic carbocycles. The van der Waals surface area contributed by atoms with E-state index in [-0.39, 0.29) is 18.4 Å². The number of benzene rings is 1. The second-order valence-electron chi connectivity index (χ2n) is 4.75. The van der Waals surface area contributed by atoms with Gasteiger partial charge in [0.1, 0.15) is 12.6 Å². The Bertz CT molecular complexity index is 584. The van der Waals surface area contributed by atoms with E-state index in [9.17, 15) is 9.59 Å². The summed E-state index contributed by atoms with van der Waals surface area (Å²) >= 11 is 0. The fourth-order valence-electron chi connectivity index (χ4n) is 2.37. The van der Waals surface area contributed by atoms with E-state index in [1.165, 1.54) is 0 Å². The normalized spacial score (nSPS) is 17.7. The molecule has 0 saturated carbocycles. The summed E-state index contributed by atoms with van der Waals surface area (Å²) in [5.74, 6) is 5.10. The zero-order valence-electron chi connectivity index (χ0n) is 11.9. The van der Waals surface area contributed by atoms with Crippen LogP contribution < -0.4 is 5.32 Å². The van der Waals surface area contributed by atoms with Crippen molar-refractivity contribution in [3.05, 3.63) is 35.4 Å². The van der Waals surface area contributed by atoms with E-state index in [0.717, 1.165) is 5.56 Å². The number of rotatable bonds is 2. The van der Waals surface area contributed by atoms with E-state index in [0.29, 0.717) is 25.1 Å². The summed E-state index contributed by atoms with van der Waals surface area (Å²) in [6.45, 7) is 2.71. The zero-order chi connectivity index (χ0) is 15.2. The second kappa shape index (κ2) is 6.91. The van der Waals surface area contributed by atoms with Crippen molar-refractivity contribution < 1.29 is 14.7 Å². The average molecular weight is 286 g/mol. The molecule has 2 amide bonds. The van der Waals surface area contributed by atoms with E-state index in [2.05, 4.69) is 17.2 Å². The Kier molecular flexibility index (Phi) is 4.96. The number of carbonyl (C=O) groups is 2. The lowest BCUT2D eigenvalue weighted by Crippen LogP contribution is -2.56. The van der Waals surface area contributed by atoms with Crippen LogP contribution in [0.3, 0.4) is 0 Å². The van der Waals surface area contributed by atoms with Gasteiger partial charge in [-0.2, -0.15) is 0 Å². The van der Waals surface area contributed by atoms with E-state index in [4.69, 9.17) is 5.11 Å². The molecule has 0 bridgehead atoms. The van der Waals surface area contributed by atoms with Crippen LogP contribution in [0.15, 0.2) is 24.3 Å². The van der Waals surface area contributed by atoms with Gasteiger partial charge in [-0.05, 0) is 30.7 Å². The number of hydrogen-bond acceptors (Lipinski definition) is 3. The van der Waals surface area contributed by atoms with Gasteiger partial charge in [-0.25, -0.2) is 0 Å². The molecule has 1 aliphatic heterocycles. The van der Waals surface area contributed by atoms with Crippen LogP contribution in [-0.2, 0) is 4.79 Å². The molecule has 2 rings (SSSR count). The largest absolute Gasteiger partial charge is 0.384 e. The van der Waals surface area contributed by atoms with Crippen molar-refractivity contribution >= 4 is 11.8 Å². The number of piperazine rings is 1. The number of hydrogen-bond donors (Lipinski definition) is 2. The molecule has 2 N–H and O–H groups in total. The lowest BCUT2D eigenvalue weighted by atomic mass is 10.1. The number of nitrogens with zero attached hydrogens (tertiary/aromatic N) is 1. The van der Waals surface area contributed by atoms with Crippen LogP contribution >= 0.6 is 0 Å². The third kappa shape index (κ3) is 3.41. The third-order valence-electron chi connectivity index (χ3n) is 3.42. The predicted molar refractivity (Wildman–Crippen MR) is 78.5 cm³/mol. The topological polar surface area (TPSA) is 69.6 Å². The number of carbonyl (C=O) groups excluding carboxylic acids is 2. The predicted octanol–water partition coefficient (Wildman–Crippen LogP) is 0.381. The van der Waals surface area contributed by atoms with Crippen LogP contribution in [-0.4, -0.2) is 47.6 Å². The molecule has 1 atom stereocenters. The summed E-state index contributed by atoms with van der Waals surface area (Å²) in [6, 6.07) is 6.47. The molecule has 1 fully saturated rings. The smallest absolute Gasteiger partial charge is 0.254 e. The summed E-state index contributed by atoms with van der Waals surface area (Å²) in [5, 5.41) is 11.4. The highest BCUT2D eigenvalue weighted by Crippen LogP contribution is 2.14. The van der Waals surface area contributed by atoms with Gasteiger partial charge in [0.25, 0.3) is 5.91 Å².